The number of halogens is 1. The number of hydrogen-bond donors (Lipinski definition) is 3. The van der Waals surface area contributed by atoms with Crippen LogP contribution in [0.1, 0.15) is 44.9 Å². The lowest BCUT2D eigenvalue weighted by molar-refractivity contribution is -0.110. The molecule has 7 nitrogen and oxygen atoms in total. The largest absolute Gasteiger partial charge is 0.358 e. The van der Waals surface area contributed by atoms with Gasteiger partial charge >= 0.3 is 0 Å². The number of nitrogens with zero attached hydrogens (tertiary/aromatic N) is 1. The average Bonchev–Trinajstić information content (AvgIpc) is 3.50. The van der Waals surface area contributed by atoms with Crippen molar-refractivity contribution >= 4 is 40.0 Å². The van der Waals surface area contributed by atoms with Gasteiger partial charge in [0.1, 0.15) is 5.82 Å². The summed E-state index contributed by atoms with van der Waals surface area (Å²) in [4.78, 5) is 31.5. The fourth-order valence-electron chi connectivity index (χ4n) is 4.81. The summed E-state index contributed by atoms with van der Waals surface area (Å²) in [6, 6.07) is 11.3. The van der Waals surface area contributed by atoms with Gasteiger partial charge in [-0.2, -0.15) is 0 Å². The average molecular weight is 507 g/mol. The summed E-state index contributed by atoms with van der Waals surface area (Å²) in [6.45, 7) is 4.85. The molecule has 5 rings (SSSR count). The van der Waals surface area contributed by atoms with Crippen molar-refractivity contribution in [1.29, 1.82) is 0 Å². The molecule has 9 heteroatoms. The van der Waals surface area contributed by atoms with E-state index >= 15 is 0 Å². The number of likely N-dealkylation sites (tertiary alicyclic amines) is 1. The van der Waals surface area contributed by atoms with Crippen molar-refractivity contribution in [3.05, 3.63) is 81.9 Å². The number of benzene rings is 2. The Kier molecular flexibility index (Phi) is 6.36. The molecule has 0 saturated carbocycles. The number of rotatable bonds is 5. The first kappa shape index (κ1) is 24.1. The number of hydrogen-bond acceptors (Lipinski definition) is 4. The van der Waals surface area contributed by atoms with E-state index in [1.54, 1.807) is 47.4 Å². The van der Waals surface area contributed by atoms with Crippen LogP contribution in [-0.2, 0) is 21.3 Å². The number of aryl methyl sites for hydroxylation is 1. The number of H-pyrrole nitrogens is 1. The summed E-state index contributed by atoms with van der Waals surface area (Å²) >= 11 is 0. The van der Waals surface area contributed by atoms with Gasteiger partial charge in [-0.15, -0.1) is 0 Å². The van der Waals surface area contributed by atoms with E-state index in [9.17, 15) is 18.2 Å². The first-order chi connectivity index (χ1) is 17.2. The van der Waals surface area contributed by atoms with Crippen molar-refractivity contribution < 1.29 is 18.2 Å². The predicted molar refractivity (Wildman–Crippen MR) is 138 cm³/mol. The second kappa shape index (κ2) is 9.48. The molecule has 1 aromatic heterocycles. The minimum Gasteiger partial charge on any atom is -0.358 e. The molecule has 0 bridgehead atoms. The van der Waals surface area contributed by atoms with Gasteiger partial charge in [-0.3, -0.25) is 13.8 Å². The van der Waals surface area contributed by atoms with Crippen LogP contribution in [0.15, 0.2) is 47.4 Å². The molecular formula is C27H27FN4O3S. The maximum atomic E-state index is 14.1. The van der Waals surface area contributed by atoms with Gasteiger partial charge in [-0.25, -0.2) is 4.39 Å². The van der Waals surface area contributed by atoms with Crippen molar-refractivity contribution in [1.82, 2.24) is 9.88 Å². The topological polar surface area (TPSA) is 108 Å². The highest BCUT2D eigenvalue weighted by Gasteiger charge is 2.30. The molecule has 3 heterocycles. The summed E-state index contributed by atoms with van der Waals surface area (Å²) in [7, 11) is -1.50. The minimum absolute atomic E-state index is 0.00749. The number of anilines is 1. The molecule has 1 fully saturated rings. The molecule has 36 heavy (non-hydrogen) atoms. The number of aromatic nitrogens is 1. The Hall–Kier alpha value is -3.56. The molecule has 0 spiro atoms. The zero-order chi connectivity index (χ0) is 25.6. The molecule has 0 radical (unpaired) electrons. The zero-order valence-corrected chi connectivity index (χ0v) is 20.9. The lowest BCUT2D eigenvalue weighted by Gasteiger charge is -2.16. The van der Waals surface area contributed by atoms with Gasteiger partial charge in [0, 0.05) is 52.2 Å². The van der Waals surface area contributed by atoms with Crippen LogP contribution in [0.4, 0.5) is 10.1 Å². The highest BCUT2D eigenvalue weighted by atomic mass is 32.2. The minimum atomic E-state index is -1.50. The van der Waals surface area contributed by atoms with E-state index in [1.165, 1.54) is 6.07 Å². The third-order valence-electron chi connectivity index (χ3n) is 6.77. The van der Waals surface area contributed by atoms with Crippen LogP contribution >= 0.6 is 0 Å². The molecule has 4 N–H and O–H groups in total. The van der Waals surface area contributed by atoms with E-state index in [1.807, 2.05) is 13.8 Å². The summed E-state index contributed by atoms with van der Waals surface area (Å²) in [6.07, 6.45) is 2.50. The van der Waals surface area contributed by atoms with Crippen LogP contribution in [0.3, 0.4) is 0 Å². The third-order valence-corrected chi connectivity index (χ3v) is 8.12. The molecule has 1 saturated heterocycles. The van der Waals surface area contributed by atoms with Crippen LogP contribution in [0.25, 0.3) is 11.6 Å². The first-order valence-corrected chi connectivity index (χ1v) is 13.1. The van der Waals surface area contributed by atoms with Crippen LogP contribution in [-0.4, -0.2) is 45.0 Å². The molecule has 2 aliphatic rings. The Morgan fingerprint density at radius 1 is 1.25 bits per heavy atom. The monoisotopic (exact) mass is 506 g/mol. The van der Waals surface area contributed by atoms with Gasteiger partial charge in [0.25, 0.3) is 11.8 Å². The van der Waals surface area contributed by atoms with Crippen LogP contribution in [0.5, 0.6) is 0 Å². The number of amides is 2. The molecule has 2 aromatic carbocycles. The summed E-state index contributed by atoms with van der Waals surface area (Å²) in [5.41, 5.74) is 10.7. The number of carbonyl (C=O) groups excluding carboxylic acids is 2. The highest BCUT2D eigenvalue weighted by molar-refractivity contribution is 7.84. The normalized spacial score (nSPS) is 19.0. The second-order valence-corrected chi connectivity index (χ2v) is 10.7. The van der Waals surface area contributed by atoms with E-state index < -0.39 is 16.6 Å². The first-order valence-electron chi connectivity index (χ1n) is 11.8. The fourth-order valence-corrected chi connectivity index (χ4v) is 5.96. The second-order valence-electron chi connectivity index (χ2n) is 9.26. The van der Waals surface area contributed by atoms with E-state index in [0.717, 1.165) is 17.7 Å². The molecule has 0 aliphatic carbocycles. The van der Waals surface area contributed by atoms with E-state index in [4.69, 9.17) is 5.73 Å². The van der Waals surface area contributed by atoms with Crippen molar-refractivity contribution in [2.24, 2.45) is 5.73 Å². The Labute approximate surface area is 211 Å². The molecule has 3 aromatic rings. The lowest BCUT2D eigenvalue weighted by Crippen LogP contribution is -2.32. The standard InChI is InChI=1S/C27H27FN4O3S/c1-15-24(30-16(2)25(15)27(34)32-10-9-18(29)13-32)12-21-20-11-19(7-8-23(20)31-26(21)33)36(35)14-17-5-3-4-6-22(17)28/h3-8,11-12,18,30H,9-10,13-14,29H2,1-2H3,(H,31,33)/b21-12-/t18-,36?/m0/s1. The van der Waals surface area contributed by atoms with Crippen molar-refractivity contribution in [2.45, 2.75) is 37.0 Å². The Morgan fingerprint density at radius 3 is 2.75 bits per heavy atom. The number of fused-ring (bicyclic) bond motifs is 1. The Morgan fingerprint density at radius 2 is 2.03 bits per heavy atom. The quantitative estimate of drug-likeness (QED) is 0.458. The molecule has 186 valence electrons. The Bertz CT molecular complexity index is 1440. The van der Waals surface area contributed by atoms with Gasteiger partial charge < -0.3 is 20.9 Å². The van der Waals surface area contributed by atoms with Gasteiger partial charge in [-0.1, -0.05) is 18.2 Å². The summed E-state index contributed by atoms with van der Waals surface area (Å²) < 4.78 is 27.1. The van der Waals surface area contributed by atoms with E-state index in [0.29, 0.717) is 51.6 Å². The molecule has 1 unspecified atom stereocenters. The molecule has 2 atom stereocenters. The van der Waals surface area contributed by atoms with Crippen LogP contribution in [0.2, 0.25) is 0 Å². The van der Waals surface area contributed by atoms with Crippen molar-refractivity contribution in [2.75, 3.05) is 18.4 Å². The van der Waals surface area contributed by atoms with Crippen molar-refractivity contribution in [3.8, 4) is 0 Å². The summed E-state index contributed by atoms with van der Waals surface area (Å²) in [5, 5.41) is 2.84. The third kappa shape index (κ3) is 4.40. The maximum Gasteiger partial charge on any atom is 0.256 e. The van der Waals surface area contributed by atoms with Gasteiger partial charge in [-0.05, 0) is 56.2 Å². The highest BCUT2D eigenvalue weighted by Crippen LogP contribution is 2.36. The fraction of sp³-hybridized carbons (Fsp3) is 0.259. The molecular weight excluding hydrogens is 479 g/mol. The smallest absolute Gasteiger partial charge is 0.256 e. The van der Waals surface area contributed by atoms with Gasteiger partial charge in [0.05, 0.1) is 27.7 Å². The zero-order valence-electron chi connectivity index (χ0n) is 20.1. The van der Waals surface area contributed by atoms with Crippen LogP contribution < -0.4 is 11.1 Å². The van der Waals surface area contributed by atoms with Crippen LogP contribution in [0, 0.1) is 19.7 Å². The number of aromatic amines is 1. The SMILES string of the molecule is Cc1[nH]c(/C=C2\C(=O)Nc3ccc(S(=O)Cc4ccccc4F)cc32)c(C)c1C(=O)N1CC[C@H](N)C1. The van der Waals surface area contributed by atoms with Gasteiger partial charge in [0.15, 0.2) is 0 Å². The predicted octanol–water partition coefficient (Wildman–Crippen LogP) is 3.74. The molecule has 2 amide bonds. The lowest BCUT2D eigenvalue weighted by atomic mass is 10.0. The van der Waals surface area contributed by atoms with Gasteiger partial charge in [0.2, 0.25) is 0 Å². The number of carbonyl (C=O) groups is 2. The summed E-state index contributed by atoms with van der Waals surface area (Å²) in [5.74, 6) is -0.719. The van der Waals surface area contributed by atoms with E-state index in [-0.39, 0.29) is 23.6 Å². The Balaban J connectivity index is 1.46. The van der Waals surface area contributed by atoms with Crippen molar-refractivity contribution in [3.63, 3.8) is 0 Å². The maximum absolute atomic E-state index is 14.1. The van der Waals surface area contributed by atoms with E-state index in [2.05, 4.69) is 10.3 Å². The number of nitrogens with two attached hydrogens (primary N) is 1. The number of nitrogens with one attached hydrogen (secondary N) is 2. The molecule has 2 aliphatic heterocycles.